The van der Waals surface area contributed by atoms with Crippen LogP contribution >= 0.6 is 11.6 Å². The molecule has 1 amide bonds. The second-order valence-electron chi connectivity index (χ2n) is 9.77. The van der Waals surface area contributed by atoms with E-state index in [1.54, 1.807) is 13.4 Å². The molecule has 1 aromatic rings. The van der Waals surface area contributed by atoms with Gasteiger partial charge in [-0.05, 0) is 55.7 Å². The van der Waals surface area contributed by atoms with Crippen LogP contribution in [-0.4, -0.2) is 62.6 Å². The van der Waals surface area contributed by atoms with Crippen molar-refractivity contribution in [2.75, 3.05) is 44.6 Å². The van der Waals surface area contributed by atoms with Crippen molar-refractivity contribution < 1.29 is 19.1 Å². The Balaban J connectivity index is 1.69. The fourth-order valence-corrected chi connectivity index (χ4v) is 6.78. The highest BCUT2D eigenvalue weighted by Crippen LogP contribution is 2.55. The zero-order valence-electron chi connectivity index (χ0n) is 20.6. The maximum Gasteiger partial charge on any atom is 0.337 e. The van der Waals surface area contributed by atoms with Crippen LogP contribution in [0.15, 0.2) is 36.1 Å². The van der Waals surface area contributed by atoms with Crippen molar-refractivity contribution in [3.05, 3.63) is 41.7 Å². The molecule has 2 saturated heterocycles. The number of alkyl halides is 1. The van der Waals surface area contributed by atoms with Gasteiger partial charge in [-0.3, -0.25) is 9.69 Å². The number of para-hydroxylation sites is 1. The number of unbranched alkanes of at least 4 members (excludes halogenated alkanes) is 2. The number of rotatable bonds is 9. The van der Waals surface area contributed by atoms with Crippen LogP contribution in [0.4, 0.5) is 5.69 Å². The molecule has 0 aromatic heterocycles. The van der Waals surface area contributed by atoms with Gasteiger partial charge in [0.15, 0.2) is 0 Å². The molecular weight excluding hydrogens is 452 g/mol. The summed E-state index contributed by atoms with van der Waals surface area (Å²) < 4.78 is 10.4. The van der Waals surface area contributed by atoms with Crippen LogP contribution < -0.4 is 4.90 Å². The Labute approximate surface area is 208 Å². The number of fused-ring (bicyclic) bond motifs is 4. The van der Waals surface area contributed by atoms with E-state index >= 15 is 0 Å². The molecule has 0 radical (unpaired) electrons. The average molecular weight is 489 g/mol. The van der Waals surface area contributed by atoms with Gasteiger partial charge < -0.3 is 14.4 Å². The Hall–Kier alpha value is -2.05. The van der Waals surface area contributed by atoms with Crippen molar-refractivity contribution in [1.29, 1.82) is 0 Å². The highest BCUT2D eigenvalue weighted by molar-refractivity contribution is 6.17. The first-order valence-corrected chi connectivity index (χ1v) is 13.1. The summed E-state index contributed by atoms with van der Waals surface area (Å²) in [5.74, 6) is 0.834. The van der Waals surface area contributed by atoms with Crippen molar-refractivity contribution >= 4 is 29.2 Å². The maximum atomic E-state index is 14.2. The number of carbonyl (C=O) groups is 2. The third-order valence-electron chi connectivity index (χ3n) is 8.23. The van der Waals surface area contributed by atoms with Gasteiger partial charge in [-0.15, -0.1) is 11.6 Å². The summed E-state index contributed by atoms with van der Waals surface area (Å²) in [5.41, 5.74) is 2.22. The van der Waals surface area contributed by atoms with Crippen LogP contribution in [0.3, 0.4) is 0 Å². The summed E-state index contributed by atoms with van der Waals surface area (Å²) >= 11 is 5.87. The molecule has 6 nitrogen and oxygen atoms in total. The topological polar surface area (TPSA) is 59.1 Å². The number of hydrogen-bond acceptors (Lipinski definition) is 5. The summed E-state index contributed by atoms with van der Waals surface area (Å²) in [4.78, 5) is 31.4. The van der Waals surface area contributed by atoms with E-state index in [0.717, 1.165) is 69.4 Å². The monoisotopic (exact) mass is 488 g/mol. The molecule has 0 bridgehead atoms. The summed E-state index contributed by atoms with van der Waals surface area (Å²) in [6.07, 6.45) is 6.98. The van der Waals surface area contributed by atoms with Crippen molar-refractivity contribution in [2.24, 2.45) is 11.8 Å². The Kier molecular flexibility index (Phi) is 7.88. The highest BCUT2D eigenvalue weighted by atomic mass is 35.5. The molecule has 4 atom stereocenters. The molecule has 4 rings (SSSR count). The molecule has 0 saturated carbocycles. The lowest BCUT2D eigenvalue weighted by Crippen LogP contribution is -2.55. The standard InChI is InChI=1S/C27H37ClN2O4/c1-4-19-17-29-15-12-27(24(29)16-20(19)21(18-33-2)25(31)34-3)22-10-6-7-11-23(22)30(26(27)32)14-9-5-8-13-28/h6-7,10-11,18-20,24H,4-5,8-9,12-17H2,1-3H3/b21-18+/t19-,20-,24?,27+/m0/s1. The summed E-state index contributed by atoms with van der Waals surface area (Å²) in [5, 5.41) is 0. The van der Waals surface area contributed by atoms with Gasteiger partial charge in [0.2, 0.25) is 5.91 Å². The third kappa shape index (κ3) is 4.13. The number of halogens is 1. The number of nitrogens with zero attached hydrogens (tertiary/aromatic N) is 2. The van der Waals surface area contributed by atoms with Gasteiger partial charge in [0.1, 0.15) is 0 Å². The predicted molar refractivity (Wildman–Crippen MR) is 134 cm³/mol. The quantitative estimate of drug-likeness (QED) is 0.168. The molecule has 2 fully saturated rings. The fourth-order valence-electron chi connectivity index (χ4n) is 6.59. The largest absolute Gasteiger partial charge is 0.504 e. The van der Waals surface area contributed by atoms with E-state index in [9.17, 15) is 9.59 Å². The van der Waals surface area contributed by atoms with Gasteiger partial charge in [0, 0.05) is 30.7 Å². The molecule has 0 N–H and O–H groups in total. The molecule has 1 aromatic carbocycles. The highest BCUT2D eigenvalue weighted by Gasteiger charge is 2.61. The number of benzene rings is 1. The van der Waals surface area contributed by atoms with E-state index < -0.39 is 5.41 Å². The molecule has 3 heterocycles. The zero-order chi connectivity index (χ0) is 24.3. The molecule has 186 valence electrons. The van der Waals surface area contributed by atoms with Crippen LogP contribution in [0, 0.1) is 11.8 Å². The molecular formula is C27H37ClN2O4. The van der Waals surface area contributed by atoms with Crippen LogP contribution in [0.25, 0.3) is 0 Å². The molecule has 1 unspecified atom stereocenters. The van der Waals surface area contributed by atoms with E-state index in [1.165, 1.54) is 7.11 Å². The van der Waals surface area contributed by atoms with Crippen molar-refractivity contribution in [3.63, 3.8) is 0 Å². The second kappa shape index (κ2) is 10.7. The lowest BCUT2D eigenvalue weighted by molar-refractivity contribution is -0.137. The van der Waals surface area contributed by atoms with Crippen molar-refractivity contribution in [2.45, 2.75) is 56.9 Å². The van der Waals surface area contributed by atoms with Gasteiger partial charge in [0.25, 0.3) is 0 Å². The Morgan fingerprint density at radius 2 is 2.03 bits per heavy atom. The SMILES string of the molecule is CC[C@H]1CN2CC[C@]3(C(=O)N(CCCCCCl)c4ccccc43)C2C[C@@H]1/C(=C\OC)C(=O)OC. The minimum absolute atomic E-state index is 0.00800. The number of amides is 1. The van der Waals surface area contributed by atoms with Crippen LogP contribution in [0.2, 0.25) is 0 Å². The van der Waals surface area contributed by atoms with E-state index in [4.69, 9.17) is 21.1 Å². The number of piperidine rings is 1. The first-order chi connectivity index (χ1) is 16.5. The lowest BCUT2D eigenvalue weighted by Gasteiger charge is -2.45. The Morgan fingerprint density at radius 1 is 1.24 bits per heavy atom. The van der Waals surface area contributed by atoms with Gasteiger partial charge >= 0.3 is 5.97 Å². The van der Waals surface area contributed by atoms with E-state index in [2.05, 4.69) is 24.0 Å². The number of hydrogen-bond donors (Lipinski definition) is 0. The molecule has 7 heteroatoms. The maximum absolute atomic E-state index is 14.2. The molecule has 0 aliphatic carbocycles. The second-order valence-corrected chi connectivity index (χ2v) is 10.1. The first-order valence-electron chi connectivity index (χ1n) is 12.6. The predicted octanol–water partition coefficient (Wildman–Crippen LogP) is 4.50. The van der Waals surface area contributed by atoms with Crippen LogP contribution in [0.5, 0.6) is 0 Å². The molecule has 34 heavy (non-hydrogen) atoms. The van der Waals surface area contributed by atoms with E-state index in [1.807, 2.05) is 17.0 Å². The fraction of sp³-hybridized carbons (Fsp3) is 0.630. The van der Waals surface area contributed by atoms with Crippen molar-refractivity contribution in [1.82, 2.24) is 4.90 Å². The number of methoxy groups -OCH3 is 2. The van der Waals surface area contributed by atoms with Crippen LogP contribution in [0.1, 0.15) is 51.0 Å². The van der Waals surface area contributed by atoms with E-state index in [-0.39, 0.29) is 23.8 Å². The summed E-state index contributed by atoms with van der Waals surface area (Å²) in [6.45, 7) is 4.66. The Bertz CT molecular complexity index is 935. The smallest absolute Gasteiger partial charge is 0.337 e. The van der Waals surface area contributed by atoms with Gasteiger partial charge in [0.05, 0.1) is 31.5 Å². The molecule has 3 aliphatic rings. The Morgan fingerprint density at radius 3 is 2.74 bits per heavy atom. The number of carbonyl (C=O) groups excluding carboxylic acids is 2. The summed E-state index contributed by atoms with van der Waals surface area (Å²) in [6, 6.07) is 8.35. The first kappa shape index (κ1) is 25.1. The van der Waals surface area contributed by atoms with Crippen LogP contribution in [-0.2, 0) is 24.5 Å². The normalized spacial score (nSPS) is 28.8. The zero-order valence-corrected chi connectivity index (χ0v) is 21.4. The minimum atomic E-state index is -0.561. The number of ether oxygens (including phenoxy) is 2. The van der Waals surface area contributed by atoms with Gasteiger partial charge in [-0.1, -0.05) is 38.0 Å². The number of anilines is 1. The van der Waals surface area contributed by atoms with Gasteiger partial charge in [-0.2, -0.15) is 0 Å². The minimum Gasteiger partial charge on any atom is -0.504 e. The third-order valence-corrected chi connectivity index (χ3v) is 8.49. The van der Waals surface area contributed by atoms with Gasteiger partial charge in [-0.25, -0.2) is 4.79 Å². The average Bonchev–Trinajstić information content (AvgIpc) is 3.35. The summed E-state index contributed by atoms with van der Waals surface area (Å²) in [7, 11) is 2.98. The lowest BCUT2D eigenvalue weighted by atomic mass is 9.67. The molecule has 3 aliphatic heterocycles. The van der Waals surface area contributed by atoms with Crippen molar-refractivity contribution in [3.8, 4) is 0 Å². The number of esters is 1. The van der Waals surface area contributed by atoms with E-state index in [0.29, 0.717) is 17.4 Å². The molecule has 1 spiro atoms.